The molecule has 0 aliphatic rings. The highest BCUT2D eigenvalue weighted by Crippen LogP contribution is 2.22. The number of alkyl carbamates (subject to hydrolysis) is 1. The Morgan fingerprint density at radius 1 is 1.10 bits per heavy atom. The molecule has 0 spiro atoms. The zero-order chi connectivity index (χ0) is 23.4. The molecule has 0 aromatic heterocycles. The zero-order valence-corrected chi connectivity index (χ0v) is 19.3. The van der Waals surface area contributed by atoms with Gasteiger partial charge in [-0.1, -0.05) is 57.4 Å². The number of carbonyl (C=O) groups is 3. The number of benzene rings is 1. The van der Waals surface area contributed by atoms with E-state index in [2.05, 4.69) is 23.6 Å². The van der Waals surface area contributed by atoms with Gasteiger partial charge in [0.2, 0.25) is 5.91 Å². The quantitative estimate of drug-likeness (QED) is 0.338. The van der Waals surface area contributed by atoms with E-state index in [4.69, 9.17) is 11.2 Å². The smallest absolute Gasteiger partial charge is 0.408 e. The van der Waals surface area contributed by atoms with E-state index in [1.54, 1.807) is 32.9 Å². The Morgan fingerprint density at radius 2 is 1.74 bits per heavy atom. The molecule has 1 atom stereocenters. The number of hydrogen-bond donors (Lipinski definition) is 2. The molecule has 31 heavy (non-hydrogen) atoms. The van der Waals surface area contributed by atoms with Gasteiger partial charge in [-0.25, -0.2) is 4.79 Å². The van der Waals surface area contributed by atoms with Crippen molar-refractivity contribution < 1.29 is 19.1 Å². The number of aryl methyl sites for hydroxylation is 1. The predicted octanol–water partition coefficient (Wildman–Crippen LogP) is 3.54. The summed E-state index contributed by atoms with van der Waals surface area (Å²) in [5.74, 6) is -0.939. The van der Waals surface area contributed by atoms with Crippen LogP contribution in [0.2, 0.25) is 0 Å². The van der Waals surface area contributed by atoms with Gasteiger partial charge in [0, 0.05) is 12.6 Å². The largest absolute Gasteiger partial charge is 0.444 e. The van der Waals surface area contributed by atoms with Crippen molar-refractivity contribution in [1.29, 1.82) is 0 Å². The van der Waals surface area contributed by atoms with E-state index in [0.717, 1.165) is 36.1 Å². The lowest BCUT2D eigenvalue weighted by atomic mass is 10.0. The summed E-state index contributed by atoms with van der Waals surface area (Å²) in [4.78, 5) is 38.7. The van der Waals surface area contributed by atoms with Crippen LogP contribution >= 0.6 is 0 Å². The molecule has 0 heterocycles. The van der Waals surface area contributed by atoms with Crippen molar-refractivity contribution in [2.75, 3.05) is 13.1 Å². The van der Waals surface area contributed by atoms with Crippen LogP contribution in [0.4, 0.5) is 4.79 Å². The fraction of sp³-hybridized carbons (Fsp3) is 0.542. The molecule has 0 radical (unpaired) electrons. The van der Waals surface area contributed by atoms with Gasteiger partial charge in [0.25, 0.3) is 5.91 Å². The molecule has 0 aliphatic carbocycles. The van der Waals surface area contributed by atoms with Crippen molar-refractivity contribution in [1.82, 2.24) is 15.5 Å². The maximum Gasteiger partial charge on any atom is 0.408 e. The van der Waals surface area contributed by atoms with Crippen LogP contribution in [0.1, 0.15) is 71.0 Å². The van der Waals surface area contributed by atoms with Gasteiger partial charge in [-0.05, 0) is 44.7 Å². The Labute approximate surface area is 185 Å². The Hall–Kier alpha value is -3.01. The van der Waals surface area contributed by atoms with Crippen LogP contribution in [0.25, 0.3) is 0 Å². The van der Waals surface area contributed by atoms with E-state index >= 15 is 0 Å². The monoisotopic (exact) mass is 429 g/mol. The van der Waals surface area contributed by atoms with Crippen LogP contribution in [-0.2, 0) is 20.7 Å². The Kier molecular flexibility index (Phi) is 10.6. The molecule has 170 valence electrons. The van der Waals surface area contributed by atoms with Gasteiger partial charge in [-0.3, -0.25) is 14.5 Å². The normalized spacial score (nSPS) is 11.7. The lowest BCUT2D eigenvalue weighted by molar-refractivity contribution is -0.136. The number of rotatable bonds is 10. The number of amides is 3. The van der Waals surface area contributed by atoms with Gasteiger partial charge >= 0.3 is 6.09 Å². The van der Waals surface area contributed by atoms with Gasteiger partial charge < -0.3 is 15.4 Å². The molecule has 0 saturated heterocycles. The highest BCUT2D eigenvalue weighted by atomic mass is 16.6. The second-order valence-corrected chi connectivity index (χ2v) is 8.24. The van der Waals surface area contributed by atoms with Crippen LogP contribution in [0.15, 0.2) is 24.3 Å². The molecule has 3 amide bonds. The van der Waals surface area contributed by atoms with Gasteiger partial charge in [0.15, 0.2) is 0 Å². The van der Waals surface area contributed by atoms with Gasteiger partial charge in [0.1, 0.15) is 18.2 Å². The SMILES string of the molecule is C#CN(C(=O)CNC(=O)OC(C)(C)C)C(C(=O)NCCCCC)c1ccc(CC)cc1. The first-order chi connectivity index (χ1) is 14.6. The molecule has 1 aromatic carbocycles. The van der Waals surface area contributed by atoms with Crippen molar-refractivity contribution in [2.45, 2.75) is 71.9 Å². The number of carbonyl (C=O) groups excluding carboxylic acids is 3. The predicted molar refractivity (Wildman–Crippen MR) is 121 cm³/mol. The first-order valence-corrected chi connectivity index (χ1v) is 10.7. The van der Waals surface area contributed by atoms with E-state index in [9.17, 15) is 14.4 Å². The number of terminal acetylenes is 1. The summed E-state index contributed by atoms with van der Waals surface area (Å²) in [6, 6.07) is 8.73. The lowest BCUT2D eigenvalue weighted by Gasteiger charge is -2.27. The van der Waals surface area contributed by atoms with Crippen molar-refractivity contribution in [3.63, 3.8) is 0 Å². The molecule has 0 fully saturated rings. The number of unbranched alkanes of at least 4 members (excludes halogenated alkanes) is 2. The van der Waals surface area contributed by atoms with Gasteiger partial charge in [-0.15, -0.1) is 0 Å². The van der Waals surface area contributed by atoms with E-state index in [1.165, 1.54) is 0 Å². The third-order valence-corrected chi connectivity index (χ3v) is 4.48. The van der Waals surface area contributed by atoms with Crippen molar-refractivity contribution >= 4 is 17.9 Å². The summed E-state index contributed by atoms with van der Waals surface area (Å²) in [6.45, 7) is 9.40. The van der Waals surface area contributed by atoms with Crippen LogP contribution in [-0.4, -0.2) is 41.5 Å². The van der Waals surface area contributed by atoms with Gasteiger partial charge in [-0.2, -0.15) is 0 Å². The molecule has 0 bridgehead atoms. The second-order valence-electron chi connectivity index (χ2n) is 8.24. The average molecular weight is 430 g/mol. The molecular weight excluding hydrogens is 394 g/mol. The lowest BCUT2D eigenvalue weighted by Crippen LogP contribution is -2.46. The Bertz CT molecular complexity index is 775. The van der Waals surface area contributed by atoms with E-state index in [0.29, 0.717) is 12.1 Å². The summed E-state index contributed by atoms with van der Waals surface area (Å²) in [7, 11) is 0. The second kappa shape index (κ2) is 12.6. The van der Waals surface area contributed by atoms with Crippen LogP contribution in [0.5, 0.6) is 0 Å². The minimum Gasteiger partial charge on any atom is -0.444 e. The number of hydrogen-bond acceptors (Lipinski definition) is 4. The van der Waals surface area contributed by atoms with E-state index < -0.39 is 23.6 Å². The number of nitrogens with one attached hydrogen (secondary N) is 2. The molecule has 0 saturated carbocycles. The molecule has 1 aromatic rings. The fourth-order valence-electron chi connectivity index (χ4n) is 2.87. The van der Waals surface area contributed by atoms with E-state index in [1.807, 2.05) is 19.1 Å². The molecular formula is C24H35N3O4. The Morgan fingerprint density at radius 3 is 2.26 bits per heavy atom. The maximum absolute atomic E-state index is 13.0. The minimum atomic E-state index is -0.995. The van der Waals surface area contributed by atoms with E-state index in [-0.39, 0.29) is 12.5 Å². The van der Waals surface area contributed by atoms with Crippen molar-refractivity contribution in [3.8, 4) is 12.5 Å². The first kappa shape index (κ1) is 26.0. The van der Waals surface area contributed by atoms with Crippen molar-refractivity contribution in [2.24, 2.45) is 0 Å². The van der Waals surface area contributed by atoms with Crippen LogP contribution in [0.3, 0.4) is 0 Å². The summed E-state index contributed by atoms with van der Waals surface area (Å²) in [5, 5.41) is 5.27. The topological polar surface area (TPSA) is 87.7 Å². The third-order valence-electron chi connectivity index (χ3n) is 4.48. The highest BCUT2D eigenvalue weighted by molar-refractivity contribution is 5.91. The Balaban J connectivity index is 3.01. The summed E-state index contributed by atoms with van der Waals surface area (Å²) >= 11 is 0. The molecule has 7 nitrogen and oxygen atoms in total. The minimum absolute atomic E-state index is 0.357. The summed E-state index contributed by atoms with van der Waals surface area (Å²) in [5.41, 5.74) is 1.02. The molecule has 7 heteroatoms. The van der Waals surface area contributed by atoms with Gasteiger partial charge in [0.05, 0.1) is 0 Å². The molecule has 0 aliphatic heterocycles. The molecule has 1 unspecified atom stereocenters. The first-order valence-electron chi connectivity index (χ1n) is 10.7. The molecule has 1 rings (SSSR count). The number of ether oxygens (including phenoxy) is 1. The summed E-state index contributed by atoms with van der Waals surface area (Å²) in [6.07, 6.45) is 8.61. The van der Waals surface area contributed by atoms with Crippen LogP contribution < -0.4 is 10.6 Å². The zero-order valence-electron chi connectivity index (χ0n) is 19.3. The average Bonchev–Trinajstić information content (AvgIpc) is 2.72. The molecule has 2 N–H and O–H groups in total. The maximum atomic E-state index is 13.0. The van der Waals surface area contributed by atoms with Crippen LogP contribution in [0, 0.1) is 12.5 Å². The van der Waals surface area contributed by atoms with Crippen molar-refractivity contribution in [3.05, 3.63) is 35.4 Å². The number of nitrogens with zero attached hydrogens (tertiary/aromatic N) is 1. The highest BCUT2D eigenvalue weighted by Gasteiger charge is 2.31. The summed E-state index contributed by atoms with van der Waals surface area (Å²) < 4.78 is 5.14. The third kappa shape index (κ3) is 9.12. The fourth-order valence-corrected chi connectivity index (χ4v) is 2.87. The standard InChI is InChI=1S/C24H35N3O4/c1-7-10-11-16-25-22(29)21(19-14-12-18(8-2)13-15-19)27(9-3)20(28)17-26-23(30)31-24(4,5)6/h3,12-15,21H,7-8,10-11,16-17H2,1-2,4-6H3,(H,25,29)(H,26,30).